The van der Waals surface area contributed by atoms with Crippen molar-refractivity contribution >= 4 is 17.5 Å². The lowest BCUT2D eigenvalue weighted by Gasteiger charge is -2.37. The molecule has 0 unspecified atom stereocenters. The summed E-state index contributed by atoms with van der Waals surface area (Å²) in [6, 6.07) is 7.50. The molecule has 1 aromatic rings. The summed E-state index contributed by atoms with van der Waals surface area (Å²) in [6.07, 6.45) is 3.45. The lowest BCUT2D eigenvalue weighted by atomic mass is 9.75. The minimum atomic E-state index is -0.259. The number of amides is 1. The lowest BCUT2D eigenvalue weighted by molar-refractivity contribution is -0.123. The third-order valence-corrected chi connectivity index (χ3v) is 3.66. The molecule has 0 atom stereocenters. The molecule has 92 valence electrons. The second-order valence-electron chi connectivity index (χ2n) is 4.76. The van der Waals surface area contributed by atoms with Crippen LogP contribution in [-0.2, 0) is 11.3 Å². The van der Waals surface area contributed by atoms with Crippen molar-refractivity contribution in [1.82, 2.24) is 5.32 Å². The van der Waals surface area contributed by atoms with E-state index in [9.17, 15) is 4.79 Å². The zero-order chi connectivity index (χ0) is 12.3. The van der Waals surface area contributed by atoms with E-state index in [2.05, 4.69) is 5.32 Å². The number of carbonyl (C=O) groups excluding carboxylic acids is 1. The summed E-state index contributed by atoms with van der Waals surface area (Å²) >= 11 is 6.00. The van der Waals surface area contributed by atoms with Gasteiger partial charge in [0.15, 0.2) is 0 Å². The van der Waals surface area contributed by atoms with E-state index in [-0.39, 0.29) is 11.4 Å². The Morgan fingerprint density at radius 3 is 2.71 bits per heavy atom. The van der Waals surface area contributed by atoms with Gasteiger partial charge >= 0.3 is 0 Å². The number of halogens is 1. The highest BCUT2D eigenvalue weighted by Gasteiger charge is 2.34. The van der Waals surface area contributed by atoms with Gasteiger partial charge in [-0.2, -0.15) is 0 Å². The Morgan fingerprint density at radius 1 is 1.41 bits per heavy atom. The number of hydrogen-bond donors (Lipinski definition) is 2. The van der Waals surface area contributed by atoms with Crippen molar-refractivity contribution in [2.24, 2.45) is 5.73 Å². The van der Waals surface area contributed by atoms with Crippen LogP contribution >= 0.6 is 11.6 Å². The molecule has 0 saturated heterocycles. The molecule has 1 amide bonds. The van der Waals surface area contributed by atoms with Gasteiger partial charge in [0.2, 0.25) is 5.91 Å². The van der Waals surface area contributed by atoms with Gasteiger partial charge in [0, 0.05) is 23.5 Å². The highest BCUT2D eigenvalue weighted by molar-refractivity contribution is 6.31. The predicted molar refractivity (Wildman–Crippen MR) is 68.7 cm³/mol. The van der Waals surface area contributed by atoms with Gasteiger partial charge in [-0.15, -0.1) is 0 Å². The fourth-order valence-corrected chi connectivity index (χ4v) is 2.23. The Labute approximate surface area is 106 Å². The van der Waals surface area contributed by atoms with Gasteiger partial charge in [0.25, 0.3) is 0 Å². The van der Waals surface area contributed by atoms with Crippen molar-refractivity contribution < 1.29 is 4.79 Å². The molecular weight excluding hydrogens is 236 g/mol. The lowest BCUT2D eigenvalue weighted by Crippen LogP contribution is -2.49. The molecule has 1 aromatic carbocycles. The molecule has 3 nitrogen and oxygen atoms in total. The molecule has 0 heterocycles. The van der Waals surface area contributed by atoms with E-state index in [4.69, 9.17) is 17.3 Å². The standard InChI is InChI=1S/C13H17ClN2O/c14-11-5-2-1-4-10(11)9-16-12(17)8-13(15)6-3-7-13/h1-2,4-5H,3,6-9,15H2,(H,16,17). The van der Waals surface area contributed by atoms with Crippen LogP contribution in [-0.4, -0.2) is 11.4 Å². The second-order valence-corrected chi connectivity index (χ2v) is 5.17. The largest absolute Gasteiger partial charge is 0.352 e. The van der Waals surface area contributed by atoms with Crippen molar-refractivity contribution in [1.29, 1.82) is 0 Å². The van der Waals surface area contributed by atoms with Gasteiger partial charge in [-0.05, 0) is 30.9 Å². The van der Waals surface area contributed by atoms with E-state index in [1.54, 1.807) is 0 Å². The first kappa shape index (κ1) is 12.4. The maximum Gasteiger partial charge on any atom is 0.222 e. The Bertz CT molecular complexity index is 416. The summed E-state index contributed by atoms with van der Waals surface area (Å²) in [6.45, 7) is 0.467. The van der Waals surface area contributed by atoms with Gasteiger partial charge in [0.1, 0.15) is 0 Å². The van der Waals surface area contributed by atoms with Crippen LogP contribution in [0, 0.1) is 0 Å². The summed E-state index contributed by atoms with van der Waals surface area (Å²) in [5.41, 5.74) is 6.69. The molecule has 17 heavy (non-hydrogen) atoms. The number of benzene rings is 1. The maximum absolute atomic E-state index is 11.7. The van der Waals surface area contributed by atoms with E-state index in [0.29, 0.717) is 18.0 Å². The van der Waals surface area contributed by atoms with Gasteiger partial charge in [-0.1, -0.05) is 29.8 Å². The van der Waals surface area contributed by atoms with Crippen molar-refractivity contribution in [3.05, 3.63) is 34.9 Å². The highest BCUT2D eigenvalue weighted by Crippen LogP contribution is 2.31. The summed E-state index contributed by atoms with van der Waals surface area (Å²) in [4.78, 5) is 11.7. The number of carbonyl (C=O) groups is 1. The summed E-state index contributed by atoms with van der Waals surface area (Å²) in [5, 5.41) is 3.54. The van der Waals surface area contributed by atoms with Gasteiger partial charge < -0.3 is 11.1 Å². The summed E-state index contributed by atoms with van der Waals surface area (Å²) < 4.78 is 0. The Morgan fingerprint density at radius 2 is 2.12 bits per heavy atom. The zero-order valence-electron chi connectivity index (χ0n) is 9.71. The van der Waals surface area contributed by atoms with Crippen LogP contribution in [0.5, 0.6) is 0 Å². The average Bonchev–Trinajstić information content (AvgIpc) is 2.26. The Hall–Kier alpha value is -1.06. The Kier molecular flexibility index (Phi) is 3.69. The molecule has 2 rings (SSSR count). The number of nitrogens with two attached hydrogens (primary N) is 1. The summed E-state index contributed by atoms with van der Waals surface area (Å²) in [7, 11) is 0. The predicted octanol–water partition coefficient (Wildman–Crippen LogP) is 2.23. The first-order valence-corrected chi connectivity index (χ1v) is 6.26. The van der Waals surface area contributed by atoms with E-state index in [1.165, 1.54) is 0 Å². The first-order chi connectivity index (χ1) is 8.09. The monoisotopic (exact) mass is 252 g/mol. The topological polar surface area (TPSA) is 55.1 Å². The van der Waals surface area contributed by atoms with Crippen LogP contribution < -0.4 is 11.1 Å². The SMILES string of the molecule is NC1(CC(=O)NCc2ccccc2Cl)CCC1. The van der Waals surface area contributed by atoms with Crippen molar-refractivity contribution in [3.63, 3.8) is 0 Å². The molecule has 0 aliphatic heterocycles. The van der Waals surface area contributed by atoms with Crippen LogP contribution in [0.25, 0.3) is 0 Å². The molecule has 1 fully saturated rings. The molecule has 4 heteroatoms. The van der Waals surface area contributed by atoms with Gasteiger partial charge in [-0.25, -0.2) is 0 Å². The number of rotatable bonds is 4. The fourth-order valence-electron chi connectivity index (χ4n) is 2.03. The van der Waals surface area contributed by atoms with Crippen LogP contribution in [0.4, 0.5) is 0 Å². The van der Waals surface area contributed by atoms with E-state index >= 15 is 0 Å². The average molecular weight is 253 g/mol. The van der Waals surface area contributed by atoms with E-state index < -0.39 is 0 Å². The van der Waals surface area contributed by atoms with E-state index in [0.717, 1.165) is 24.8 Å². The van der Waals surface area contributed by atoms with Crippen molar-refractivity contribution in [2.45, 2.75) is 37.8 Å². The quantitative estimate of drug-likeness (QED) is 0.864. The number of nitrogens with one attached hydrogen (secondary N) is 1. The molecule has 0 spiro atoms. The van der Waals surface area contributed by atoms with Gasteiger partial charge in [0.05, 0.1) is 0 Å². The van der Waals surface area contributed by atoms with Crippen molar-refractivity contribution in [2.75, 3.05) is 0 Å². The van der Waals surface area contributed by atoms with Crippen LogP contribution in [0.3, 0.4) is 0 Å². The molecule has 1 aliphatic rings. The van der Waals surface area contributed by atoms with Crippen molar-refractivity contribution in [3.8, 4) is 0 Å². The third-order valence-electron chi connectivity index (χ3n) is 3.30. The third kappa shape index (κ3) is 3.20. The minimum Gasteiger partial charge on any atom is -0.352 e. The normalized spacial score (nSPS) is 17.3. The maximum atomic E-state index is 11.7. The van der Waals surface area contributed by atoms with Gasteiger partial charge in [-0.3, -0.25) is 4.79 Å². The molecule has 1 saturated carbocycles. The number of hydrogen-bond acceptors (Lipinski definition) is 2. The first-order valence-electron chi connectivity index (χ1n) is 5.88. The second kappa shape index (κ2) is 5.07. The highest BCUT2D eigenvalue weighted by atomic mass is 35.5. The minimum absolute atomic E-state index is 0.00659. The Balaban J connectivity index is 1.82. The van der Waals surface area contributed by atoms with Crippen LogP contribution in [0.15, 0.2) is 24.3 Å². The molecule has 0 radical (unpaired) electrons. The molecular formula is C13H17ClN2O. The molecule has 1 aliphatic carbocycles. The summed E-state index contributed by atoms with van der Waals surface area (Å²) in [5.74, 6) is 0.00659. The molecule has 0 bridgehead atoms. The molecule has 3 N–H and O–H groups in total. The van der Waals surface area contributed by atoms with Crippen LogP contribution in [0.1, 0.15) is 31.2 Å². The smallest absolute Gasteiger partial charge is 0.222 e. The van der Waals surface area contributed by atoms with Crippen LogP contribution in [0.2, 0.25) is 5.02 Å². The van der Waals surface area contributed by atoms with E-state index in [1.807, 2.05) is 24.3 Å². The molecule has 0 aromatic heterocycles. The zero-order valence-corrected chi connectivity index (χ0v) is 10.5. The fraction of sp³-hybridized carbons (Fsp3) is 0.462.